The Hall–Kier alpha value is -2.79. The third-order valence-electron chi connectivity index (χ3n) is 3.81. The second-order valence-electron chi connectivity index (χ2n) is 5.56. The fourth-order valence-corrected chi connectivity index (χ4v) is 2.87. The van der Waals surface area contributed by atoms with Gasteiger partial charge in [0.2, 0.25) is 0 Å². The Morgan fingerprint density at radius 1 is 1.00 bits per heavy atom. The summed E-state index contributed by atoms with van der Waals surface area (Å²) in [6.45, 7) is 0.309. The summed E-state index contributed by atoms with van der Waals surface area (Å²) in [6, 6.07) is 22.4. The molecule has 132 valence electrons. The van der Waals surface area contributed by atoms with E-state index in [-0.39, 0.29) is 5.91 Å². The summed E-state index contributed by atoms with van der Waals surface area (Å²) in [5.74, 6) is 1.14. The number of benzene rings is 3. The molecule has 5 heteroatoms. The molecule has 0 atom stereocenters. The van der Waals surface area contributed by atoms with Crippen molar-refractivity contribution in [1.29, 1.82) is 0 Å². The van der Waals surface area contributed by atoms with Crippen LogP contribution in [0.15, 0.2) is 77.3 Å². The van der Waals surface area contributed by atoms with Gasteiger partial charge in [-0.3, -0.25) is 4.79 Å². The summed E-state index contributed by atoms with van der Waals surface area (Å²) in [7, 11) is 1.57. The molecule has 0 fully saturated rings. The minimum atomic E-state index is -0.214. The highest BCUT2D eigenvalue weighted by Crippen LogP contribution is 2.28. The molecular formula is C21H18BrNO3. The van der Waals surface area contributed by atoms with Crippen LogP contribution < -0.4 is 14.8 Å². The van der Waals surface area contributed by atoms with Gasteiger partial charge in [-0.05, 0) is 36.4 Å². The number of anilines is 1. The summed E-state index contributed by atoms with van der Waals surface area (Å²) in [5.41, 5.74) is 1.97. The number of para-hydroxylation sites is 1. The van der Waals surface area contributed by atoms with E-state index in [0.29, 0.717) is 23.6 Å². The quantitative estimate of drug-likeness (QED) is 0.599. The number of nitrogens with one attached hydrogen (secondary N) is 1. The van der Waals surface area contributed by atoms with Crippen molar-refractivity contribution >= 4 is 27.5 Å². The molecule has 0 radical (unpaired) electrons. The van der Waals surface area contributed by atoms with E-state index in [9.17, 15) is 4.79 Å². The predicted octanol–water partition coefficient (Wildman–Crippen LogP) is 5.29. The molecule has 26 heavy (non-hydrogen) atoms. The molecule has 0 aliphatic heterocycles. The number of hydrogen-bond acceptors (Lipinski definition) is 3. The first-order valence-corrected chi connectivity index (χ1v) is 8.87. The molecule has 1 N–H and O–H groups in total. The van der Waals surface area contributed by atoms with Gasteiger partial charge in [0, 0.05) is 15.6 Å². The number of amides is 1. The van der Waals surface area contributed by atoms with E-state index < -0.39 is 0 Å². The van der Waals surface area contributed by atoms with Crippen molar-refractivity contribution in [1.82, 2.24) is 0 Å². The van der Waals surface area contributed by atoms with E-state index >= 15 is 0 Å². The maximum atomic E-state index is 12.8. The van der Waals surface area contributed by atoms with Crippen LogP contribution in [-0.2, 0) is 6.61 Å². The lowest BCUT2D eigenvalue weighted by atomic mass is 10.1. The highest BCUT2D eigenvalue weighted by atomic mass is 79.9. The van der Waals surface area contributed by atoms with Gasteiger partial charge in [0.05, 0.1) is 12.8 Å². The zero-order valence-electron chi connectivity index (χ0n) is 14.2. The summed E-state index contributed by atoms with van der Waals surface area (Å²) < 4.78 is 12.0. The number of rotatable bonds is 6. The van der Waals surface area contributed by atoms with E-state index in [4.69, 9.17) is 9.47 Å². The van der Waals surface area contributed by atoms with Crippen LogP contribution in [0, 0.1) is 0 Å². The highest BCUT2D eigenvalue weighted by molar-refractivity contribution is 9.10. The first-order valence-electron chi connectivity index (χ1n) is 8.08. The number of methoxy groups -OCH3 is 1. The van der Waals surface area contributed by atoms with Gasteiger partial charge >= 0.3 is 0 Å². The van der Waals surface area contributed by atoms with E-state index in [1.54, 1.807) is 25.3 Å². The first kappa shape index (κ1) is 18.0. The van der Waals surface area contributed by atoms with Crippen LogP contribution in [-0.4, -0.2) is 13.0 Å². The molecule has 3 aromatic carbocycles. The lowest BCUT2D eigenvalue weighted by Crippen LogP contribution is -2.15. The molecule has 4 nitrogen and oxygen atoms in total. The predicted molar refractivity (Wildman–Crippen MR) is 106 cm³/mol. The molecule has 0 saturated carbocycles. The summed E-state index contributed by atoms with van der Waals surface area (Å²) >= 11 is 3.41. The Labute approximate surface area is 160 Å². The van der Waals surface area contributed by atoms with Crippen molar-refractivity contribution in [3.05, 3.63) is 88.4 Å². The van der Waals surface area contributed by atoms with Crippen LogP contribution >= 0.6 is 15.9 Å². The Bertz CT molecular complexity index is 897. The number of carbonyl (C=O) groups is 1. The highest BCUT2D eigenvalue weighted by Gasteiger charge is 2.14. The van der Waals surface area contributed by atoms with E-state index in [1.165, 1.54) is 0 Å². The van der Waals surface area contributed by atoms with Crippen molar-refractivity contribution < 1.29 is 14.3 Å². The Kier molecular flexibility index (Phi) is 5.92. The van der Waals surface area contributed by atoms with Crippen molar-refractivity contribution in [3.8, 4) is 11.5 Å². The number of ether oxygens (including phenoxy) is 2. The molecule has 3 aromatic rings. The van der Waals surface area contributed by atoms with Crippen LogP contribution in [0.2, 0.25) is 0 Å². The molecule has 0 bridgehead atoms. The lowest BCUT2D eigenvalue weighted by Gasteiger charge is -2.13. The average Bonchev–Trinajstić information content (AvgIpc) is 2.67. The monoisotopic (exact) mass is 411 g/mol. The van der Waals surface area contributed by atoms with Crippen molar-refractivity contribution in [2.75, 3.05) is 12.4 Å². The number of halogens is 1. The van der Waals surface area contributed by atoms with E-state index in [0.717, 1.165) is 15.8 Å². The topological polar surface area (TPSA) is 47.6 Å². The van der Waals surface area contributed by atoms with Crippen LogP contribution in [0.4, 0.5) is 5.69 Å². The van der Waals surface area contributed by atoms with Gasteiger partial charge in [0.15, 0.2) is 0 Å². The number of carbonyl (C=O) groups excluding carboxylic acids is 1. The summed E-state index contributed by atoms with van der Waals surface area (Å²) in [6.07, 6.45) is 0. The Balaban J connectivity index is 1.79. The lowest BCUT2D eigenvalue weighted by molar-refractivity contribution is 0.102. The van der Waals surface area contributed by atoms with Gasteiger partial charge < -0.3 is 14.8 Å². The Morgan fingerprint density at radius 3 is 2.50 bits per heavy atom. The van der Waals surface area contributed by atoms with Gasteiger partial charge in [0.25, 0.3) is 5.91 Å². The van der Waals surface area contributed by atoms with Crippen LogP contribution in [0.25, 0.3) is 0 Å². The van der Waals surface area contributed by atoms with Gasteiger partial charge in [-0.1, -0.05) is 52.3 Å². The second-order valence-corrected chi connectivity index (χ2v) is 6.47. The molecule has 0 aliphatic rings. The largest absolute Gasteiger partial charge is 0.495 e. The normalized spacial score (nSPS) is 10.2. The molecule has 1 amide bonds. The van der Waals surface area contributed by atoms with Crippen molar-refractivity contribution in [3.63, 3.8) is 0 Å². The van der Waals surface area contributed by atoms with E-state index in [1.807, 2.05) is 54.6 Å². The fraction of sp³-hybridized carbons (Fsp3) is 0.0952. The zero-order valence-corrected chi connectivity index (χ0v) is 15.8. The zero-order chi connectivity index (χ0) is 18.4. The van der Waals surface area contributed by atoms with Crippen molar-refractivity contribution in [2.24, 2.45) is 0 Å². The standard InChI is InChI=1S/C21H18BrNO3/c1-25-20-12-11-16(22)13-19(20)23-21(24)18-10-6-5-7-15(18)14-26-17-8-3-2-4-9-17/h2-13H,14H2,1H3,(H,23,24). The minimum absolute atomic E-state index is 0.214. The van der Waals surface area contributed by atoms with E-state index in [2.05, 4.69) is 21.2 Å². The Morgan fingerprint density at radius 2 is 1.73 bits per heavy atom. The molecule has 0 heterocycles. The molecule has 0 spiro atoms. The smallest absolute Gasteiger partial charge is 0.256 e. The fourth-order valence-electron chi connectivity index (χ4n) is 2.51. The SMILES string of the molecule is COc1ccc(Br)cc1NC(=O)c1ccccc1COc1ccccc1. The van der Waals surface area contributed by atoms with Gasteiger partial charge in [-0.2, -0.15) is 0 Å². The van der Waals surface area contributed by atoms with Gasteiger partial charge in [-0.25, -0.2) is 0 Å². The third-order valence-corrected chi connectivity index (χ3v) is 4.30. The average molecular weight is 412 g/mol. The molecule has 0 unspecified atom stereocenters. The van der Waals surface area contributed by atoms with Crippen LogP contribution in [0.3, 0.4) is 0 Å². The number of hydrogen-bond donors (Lipinski definition) is 1. The maximum Gasteiger partial charge on any atom is 0.256 e. The maximum absolute atomic E-state index is 12.8. The van der Waals surface area contributed by atoms with Crippen molar-refractivity contribution in [2.45, 2.75) is 6.61 Å². The summed E-state index contributed by atoms with van der Waals surface area (Å²) in [5, 5.41) is 2.91. The first-order chi connectivity index (χ1) is 12.7. The van der Waals surface area contributed by atoms with Gasteiger partial charge in [0.1, 0.15) is 18.1 Å². The molecular weight excluding hydrogens is 394 g/mol. The third kappa shape index (κ3) is 4.43. The summed E-state index contributed by atoms with van der Waals surface area (Å²) in [4.78, 5) is 12.8. The van der Waals surface area contributed by atoms with Crippen LogP contribution in [0.1, 0.15) is 15.9 Å². The minimum Gasteiger partial charge on any atom is -0.495 e. The molecule has 0 aliphatic carbocycles. The molecule has 3 rings (SSSR count). The van der Waals surface area contributed by atoms with Gasteiger partial charge in [-0.15, -0.1) is 0 Å². The molecule has 0 aromatic heterocycles. The second kappa shape index (κ2) is 8.54. The molecule has 0 saturated heterocycles. The van der Waals surface area contributed by atoms with Crippen LogP contribution in [0.5, 0.6) is 11.5 Å².